The van der Waals surface area contributed by atoms with Gasteiger partial charge < -0.3 is 9.47 Å². The van der Waals surface area contributed by atoms with E-state index in [0.29, 0.717) is 12.7 Å². The van der Waals surface area contributed by atoms with Crippen molar-refractivity contribution in [2.24, 2.45) is 5.41 Å². The van der Waals surface area contributed by atoms with Gasteiger partial charge in [-0.3, -0.25) is 0 Å². The van der Waals surface area contributed by atoms with Crippen LogP contribution in [0.3, 0.4) is 0 Å². The third-order valence-electron chi connectivity index (χ3n) is 4.63. The minimum atomic E-state index is -0.0804. The molecular formula is C16H22O2. The third kappa shape index (κ3) is 1.79. The highest BCUT2D eigenvalue weighted by Gasteiger charge is 2.61. The maximum absolute atomic E-state index is 6.22. The number of rotatable bonds is 3. The van der Waals surface area contributed by atoms with E-state index in [2.05, 4.69) is 45.0 Å². The summed E-state index contributed by atoms with van der Waals surface area (Å²) in [5.74, 6) is 0. The lowest BCUT2D eigenvalue weighted by molar-refractivity contribution is -0.0887. The van der Waals surface area contributed by atoms with Crippen LogP contribution >= 0.6 is 0 Å². The normalized spacial score (nSPS) is 37.1. The van der Waals surface area contributed by atoms with Gasteiger partial charge in [-0.1, -0.05) is 44.2 Å². The van der Waals surface area contributed by atoms with Gasteiger partial charge in [-0.15, -0.1) is 0 Å². The Bertz CT molecular complexity index is 421. The SMILES string of the molecule is CC1(C)[C@@H](OCc2ccccc2)[C@]2(C)CC[C@H]1O2. The zero-order valence-electron chi connectivity index (χ0n) is 11.5. The van der Waals surface area contributed by atoms with Gasteiger partial charge in [0.05, 0.1) is 24.4 Å². The first kappa shape index (κ1) is 12.2. The van der Waals surface area contributed by atoms with Gasteiger partial charge in [0.1, 0.15) is 0 Å². The van der Waals surface area contributed by atoms with E-state index in [1.807, 2.05) is 6.07 Å². The standard InChI is InChI=1S/C16H22O2/c1-15(2)13-9-10-16(3,18-13)14(15)17-11-12-7-5-4-6-8-12/h4-8,13-14H,9-11H2,1-3H3/t13-,14-,16+/m1/s1. The molecule has 0 aromatic heterocycles. The number of fused-ring (bicyclic) bond motifs is 2. The summed E-state index contributed by atoms with van der Waals surface area (Å²) in [4.78, 5) is 0. The van der Waals surface area contributed by atoms with E-state index in [0.717, 1.165) is 6.42 Å². The summed E-state index contributed by atoms with van der Waals surface area (Å²) in [6.07, 6.45) is 2.86. The van der Waals surface area contributed by atoms with Gasteiger partial charge in [-0.25, -0.2) is 0 Å². The Morgan fingerprint density at radius 1 is 1.22 bits per heavy atom. The Hall–Kier alpha value is -0.860. The molecule has 0 saturated carbocycles. The summed E-state index contributed by atoms with van der Waals surface area (Å²) < 4.78 is 12.4. The first-order chi connectivity index (χ1) is 8.52. The molecule has 0 unspecified atom stereocenters. The van der Waals surface area contributed by atoms with E-state index < -0.39 is 0 Å². The van der Waals surface area contributed by atoms with E-state index in [9.17, 15) is 0 Å². The van der Waals surface area contributed by atoms with Crippen LogP contribution in [0.15, 0.2) is 30.3 Å². The Kier molecular flexibility index (Phi) is 2.76. The highest BCUT2D eigenvalue weighted by atomic mass is 16.6. The highest BCUT2D eigenvalue weighted by molar-refractivity contribution is 5.15. The molecule has 2 bridgehead atoms. The van der Waals surface area contributed by atoms with Gasteiger partial charge in [0.15, 0.2) is 0 Å². The molecule has 2 heteroatoms. The van der Waals surface area contributed by atoms with Crippen molar-refractivity contribution in [1.29, 1.82) is 0 Å². The summed E-state index contributed by atoms with van der Waals surface area (Å²) in [5, 5.41) is 0. The van der Waals surface area contributed by atoms with Gasteiger partial charge in [0, 0.05) is 5.41 Å². The average molecular weight is 246 g/mol. The summed E-state index contributed by atoms with van der Waals surface area (Å²) in [6.45, 7) is 7.44. The molecule has 3 atom stereocenters. The van der Waals surface area contributed by atoms with Crippen LogP contribution < -0.4 is 0 Å². The summed E-state index contributed by atoms with van der Waals surface area (Å²) >= 11 is 0. The van der Waals surface area contributed by atoms with E-state index in [1.165, 1.54) is 12.0 Å². The number of hydrogen-bond donors (Lipinski definition) is 0. The second-order valence-corrected chi connectivity index (χ2v) is 6.46. The Morgan fingerprint density at radius 2 is 1.94 bits per heavy atom. The van der Waals surface area contributed by atoms with E-state index in [-0.39, 0.29) is 17.1 Å². The van der Waals surface area contributed by atoms with Gasteiger partial charge in [0.2, 0.25) is 0 Å². The first-order valence-electron chi connectivity index (χ1n) is 6.86. The summed E-state index contributed by atoms with van der Waals surface area (Å²) in [6, 6.07) is 10.4. The van der Waals surface area contributed by atoms with Crippen LogP contribution in [0.4, 0.5) is 0 Å². The number of ether oxygens (including phenoxy) is 2. The van der Waals surface area contributed by atoms with E-state index in [4.69, 9.17) is 9.47 Å². The lowest BCUT2D eigenvalue weighted by Gasteiger charge is -2.38. The zero-order valence-corrected chi connectivity index (χ0v) is 11.5. The molecule has 0 spiro atoms. The van der Waals surface area contributed by atoms with E-state index >= 15 is 0 Å². The lowest BCUT2D eigenvalue weighted by Crippen LogP contribution is -2.47. The van der Waals surface area contributed by atoms with Gasteiger partial charge >= 0.3 is 0 Å². The molecule has 0 amide bonds. The quantitative estimate of drug-likeness (QED) is 0.812. The van der Waals surface area contributed by atoms with Crippen LogP contribution in [0.1, 0.15) is 39.2 Å². The second kappa shape index (κ2) is 4.07. The smallest absolute Gasteiger partial charge is 0.0942 e. The minimum absolute atomic E-state index is 0.0804. The molecule has 0 radical (unpaired) electrons. The van der Waals surface area contributed by atoms with Crippen molar-refractivity contribution in [2.75, 3.05) is 0 Å². The molecule has 3 rings (SSSR count). The molecular weight excluding hydrogens is 224 g/mol. The maximum Gasteiger partial charge on any atom is 0.0942 e. The van der Waals surface area contributed by atoms with Crippen molar-refractivity contribution in [1.82, 2.24) is 0 Å². The van der Waals surface area contributed by atoms with Crippen molar-refractivity contribution in [3.8, 4) is 0 Å². The minimum Gasteiger partial charge on any atom is -0.370 e. The van der Waals surface area contributed by atoms with Crippen LogP contribution in [0.5, 0.6) is 0 Å². The third-order valence-corrected chi connectivity index (χ3v) is 4.63. The molecule has 0 aliphatic carbocycles. The Morgan fingerprint density at radius 3 is 2.56 bits per heavy atom. The average Bonchev–Trinajstić information content (AvgIpc) is 2.81. The molecule has 1 aromatic carbocycles. The molecule has 2 saturated heterocycles. The van der Waals surface area contributed by atoms with Crippen LogP contribution in [-0.4, -0.2) is 17.8 Å². The van der Waals surface area contributed by atoms with Crippen molar-refractivity contribution in [2.45, 2.75) is 58.0 Å². The molecule has 1 aromatic rings. The molecule has 2 heterocycles. The van der Waals surface area contributed by atoms with Gasteiger partial charge in [-0.2, -0.15) is 0 Å². The second-order valence-electron chi connectivity index (χ2n) is 6.46. The molecule has 0 N–H and O–H groups in total. The molecule has 2 aliphatic rings. The van der Waals surface area contributed by atoms with E-state index in [1.54, 1.807) is 0 Å². The van der Waals surface area contributed by atoms with Crippen molar-refractivity contribution in [3.63, 3.8) is 0 Å². The number of hydrogen-bond acceptors (Lipinski definition) is 2. The predicted molar refractivity (Wildman–Crippen MR) is 71.3 cm³/mol. The molecule has 2 aliphatic heterocycles. The van der Waals surface area contributed by atoms with Crippen LogP contribution in [0, 0.1) is 5.41 Å². The molecule has 2 nitrogen and oxygen atoms in total. The predicted octanol–water partition coefficient (Wildman–Crippen LogP) is 3.55. The van der Waals surface area contributed by atoms with Gasteiger partial charge in [0.25, 0.3) is 0 Å². The van der Waals surface area contributed by atoms with Crippen molar-refractivity contribution < 1.29 is 9.47 Å². The number of benzene rings is 1. The fourth-order valence-corrected chi connectivity index (χ4v) is 3.68. The van der Waals surface area contributed by atoms with Crippen molar-refractivity contribution in [3.05, 3.63) is 35.9 Å². The molecule has 18 heavy (non-hydrogen) atoms. The summed E-state index contributed by atoms with van der Waals surface area (Å²) in [5.41, 5.74) is 1.28. The Balaban J connectivity index is 1.73. The van der Waals surface area contributed by atoms with Gasteiger partial charge in [-0.05, 0) is 25.3 Å². The molecule has 98 valence electrons. The summed E-state index contributed by atoms with van der Waals surface area (Å²) in [7, 11) is 0. The van der Waals surface area contributed by atoms with Crippen LogP contribution in [0.2, 0.25) is 0 Å². The highest BCUT2D eigenvalue weighted by Crippen LogP contribution is 2.55. The maximum atomic E-state index is 6.22. The topological polar surface area (TPSA) is 18.5 Å². The largest absolute Gasteiger partial charge is 0.370 e. The fraction of sp³-hybridized carbons (Fsp3) is 0.625. The zero-order chi connectivity index (χ0) is 12.8. The first-order valence-corrected chi connectivity index (χ1v) is 6.86. The Labute approximate surface area is 109 Å². The van der Waals surface area contributed by atoms with Crippen LogP contribution in [-0.2, 0) is 16.1 Å². The lowest BCUT2D eigenvalue weighted by atomic mass is 9.70. The fourth-order valence-electron chi connectivity index (χ4n) is 3.68. The van der Waals surface area contributed by atoms with Crippen molar-refractivity contribution >= 4 is 0 Å². The molecule has 2 fully saturated rings. The van der Waals surface area contributed by atoms with Crippen LogP contribution in [0.25, 0.3) is 0 Å². The monoisotopic (exact) mass is 246 g/mol.